The fourth-order valence-corrected chi connectivity index (χ4v) is 3.31. The Bertz CT molecular complexity index is 886. The maximum Gasteiger partial charge on any atom is 0.227 e. The van der Waals surface area contributed by atoms with Gasteiger partial charge in [0, 0.05) is 19.0 Å². The van der Waals surface area contributed by atoms with Crippen LogP contribution in [0.5, 0.6) is 11.5 Å². The van der Waals surface area contributed by atoms with Gasteiger partial charge in [-0.05, 0) is 36.8 Å². The maximum atomic E-state index is 13.4. The lowest BCUT2D eigenvalue weighted by Crippen LogP contribution is -2.34. The number of carbonyl (C=O) groups excluding carboxylic acids is 2. The first-order valence-corrected chi connectivity index (χ1v) is 9.01. The second-order valence-electron chi connectivity index (χ2n) is 6.73. The molecule has 1 heterocycles. The van der Waals surface area contributed by atoms with E-state index in [-0.39, 0.29) is 36.6 Å². The second kappa shape index (κ2) is 8.29. The first-order chi connectivity index (χ1) is 13.4. The van der Waals surface area contributed by atoms with E-state index in [4.69, 9.17) is 9.47 Å². The molecule has 0 radical (unpaired) electrons. The summed E-state index contributed by atoms with van der Waals surface area (Å²) in [5, 5.41) is 2.87. The van der Waals surface area contributed by atoms with Gasteiger partial charge in [0.15, 0.2) is 0 Å². The van der Waals surface area contributed by atoms with Gasteiger partial charge in [0.2, 0.25) is 11.8 Å². The zero-order valence-corrected chi connectivity index (χ0v) is 16.1. The zero-order valence-electron chi connectivity index (χ0n) is 16.1. The lowest BCUT2D eigenvalue weighted by molar-refractivity contribution is -0.126. The van der Waals surface area contributed by atoms with E-state index in [0.717, 1.165) is 0 Å². The molecule has 2 amide bonds. The topological polar surface area (TPSA) is 67.9 Å². The predicted octanol–water partition coefficient (Wildman–Crippen LogP) is 3.07. The minimum absolute atomic E-state index is 0.0993. The number of halogens is 1. The Morgan fingerprint density at radius 3 is 2.68 bits per heavy atom. The van der Waals surface area contributed by atoms with Gasteiger partial charge in [0.05, 0.1) is 31.9 Å². The van der Waals surface area contributed by atoms with Crippen molar-refractivity contribution < 1.29 is 23.5 Å². The normalized spacial score (nSPS) is 17.4. The summed E-state index contributed by atoms with van der Waals surface area (Å²) < 4.78 is 24.0. The summed E-state index contributed by atoms with van der Waals surface area (Å²) in [6.45, 7) is 2.02. The van der Waals surface area contributed by atoms with Crippen molar-refractivity contribution in [2.24, 2.45) is 5.92 Å². The number of rotatable bonds is 6. The first-order valence-electron chi connectivity index (χ1n) is 9.01. The van der Waals surface area contributed by atoms with Crippen LogP contribution in [0.25, 0.3) is 0 Å². The Morgan fingerprint density at radius 1 is 1.21 bits per heavy atom. The molecule has 28 heavy (non-hydrogen) atoms. The quantitative estimate of drug-likeness (QED) is 0.829. The highest BCUT2D eigenvalue weighted by molar-refractivity contribution is 6.01. The Kier molecular flexibility index (Phi) is 5.82. The van der Waals surface area contributed by atoms with Crippen LogP contribution < -0.4 is 19.7 Å². The minimum atomic E-state index is -0.501. The van der Waals surface area contributed by atoms with E-state index < -0.39 is 5.92 Å². The Balaban J connectivity index is 1.73. The van der Waals surface area contributed by atoms with Crippen LogP contribution in [0, 0.1) is 11.7 Å². The molecule has 2 aromatic carbocycles. The van der Waals surface area contributed by atoms with Crippen molar-refractivity contribution in [2.45, 2.75) is 19.4 Å². The highest BCUT2D eigenvalue weighted by atomic mass is 19.1. The fraction of sp³-hybridized carbons (Fsp3) is 0.333. The molecule has 0 spiro atoms. The van der Waals surface area contributed by atoms with Crippen LogP contribution in [0.1, 0.15) is 24.9 Å². The van der Waals surface area contributed by atoms with Gasteiger partial charge in [0.25, 0.3) is 0 Å². The average Bonchev–Trinajstić information content (AvgIpc) is 3.09. The third-order valence-electron chi connectivity index (χ3n) is 4.88. The van der Waals surface area contributed by atoms with Crippen LogP contribution in [0.15, 0.2) is 42.5 Å². The number of amides is 2. The molecule has 6 nitrogen and oxygen atoms in total. The molecule has 1 N–H and O–H groups in total. The van der Waals surface area contributed by atoms with E-state index in [1.54, 1.807) is 49.3 Å². The number of anilines is 1. The van der Waals surface area contributed by atoms with E-state index in [9.17, 15) is 14.0 Å². The zero-order chi connectivity index (χ0) is 20.3. The molecule has 1 fully saturated rings. The standard InChI is InChI=1S/C21H23FN2O4/c1-13(14-5-4-6-16(22)9-14)23-21(26)15-10-20(25)24(12-15)18-11-17(27-2)7-8-19(18)28-3/h4-9,11,13,15H,10,12H2,1-3H3,(H,23,26)/t13-,15+/m0/s1. The van der Waals surface area contributed by atoms with Crippen LogP contribution >= 0.6 is 0 Å². The number of hydrogen-bond acceptors (Lipinski definition) is 4. The highest BCUT2D eigenvalue weighted by Gasteiger charge is 2.36. The second-order valence-corrected chi connectivity index (χ2v) is 6.73. The summed E-state index contributed by atoms with van der Waals surface area (Å²) >= 11 is 0. The van der Waals surface area contributed by atoms with Gasteiger partial charge in [-0.25, -0.2) is 4.39 Å². The monoisotopic (exact) mass is 386 g/mol. The van der Waals surface area contributed by atoms with Crippen molar-refractivity contribution in [2.75, 3.05) is 25.7 Å². The summed E-state index contributed by atoms with van der Waals surface area (Å²) in [5.74, 6) is -0.135. The number of methoxy groups -OCH3 is 2. The molecule has 3 rings (SSSR count). The fourth-order valence-electron chi connectivity index (χ4n) is 3.31. The number of carbonyl (C=O) groups is 2. The first kappa shape index (κ1) is 19.7. The molecular weight excluding hydrogens is 363 g/mol. The van der Waals surface area contributed by atoms with E-state index >= 15 is 0 Å². The maximum absolute atomic E-state index is 13.4. The molecule has 0 saturated carbocycles. The smallest absolute Gasteiger partial charge is 0.227 e. The van der Waals surface area contributed by atoms with E-state index in [2.05, 4.69) is 5.32 Å². The molecule has 1 aliphatic rings. The molecule has 148 valence electrons. The molecule has 1 aliphatic heterocycles. The Morgan fingerprint density at radius 2 is 2.00 bits per heavy atom. The largest absolute Gasteiger partial charge is 0.497 e. The van der Waals surface area contributed by atoms with Gasteiger partial charge in [-0.2, -0.15) is 0 Å². The van der Waals surface area contributed by atoms with E-state index in [1.165, 1.54) is 19.2 Å². The van der Waals surface area contributed by atoms with Crippen molar-refractivity contribution in [1.82, 2.24) is 5.32 Å². The molecular formula is C21H23FN2O4. The lowest BCUT2D eigenvalue weighted by Gasteiger charge is -2.21. The van der Waals surface area contributed by atoms with Gasteiger partial charge in [-0.15, -0.1) is 0 Å². The number of nitrogens with one attached hydrogen (secondary N) is 1. The van der Waals surface area contributed by atoms with Crippen LogP contribution in [-0.4, -0.2) is 32.6 Å². The van der Waals surface area contributed by atoms with Crippen LogP contribution in [0.2, 0.25) is 0 Å². The van der Waals surface area contributed by atoms with Crippen molar-refractivity contribution in [3.05, 3.63) is 53.8 Å². The van der Waals surface area contributed by atoms with Crippen LogP contribution in [0.4, 0.5) is 10.1 Å². The van der Waals surface area contributed by atoms with Crippen LogP contribution in [0.3, 0.4) is 0 Å². The summed E-state index contributed by atoms with van der Waals surface area (Å²) in [7, 11) is 3.07. The third-order valence-corrected chi connectivity index (χ3v) is 4.88. The lowest BCUT2D eigenvalue weighted by atomic mass is 10.0. The number of ether oxygens (including phenoxy) is 2. The Hall–Kier alpha value is -3.09. The molecule has 2 aromatic rings. The molecule has 1 saturated heterocycles. The van der Waals surface area contributed by atoms with Crippen molar-refractivity contribution >= 4 is 17.5 Å². The summed E-state index contributed by atoms with van der Waals surface area (Å²) in [4.78, 5) is 26.8. The number of nitrogens with zero attached hydrogens (tertiary/aromatic N) is 1. The number of benzene rings is 2. The molecule has 7 heteroatoms. The van der Waals surface area contributed by atoms with E-state index in [1.807, 2.05) is 0 Å². The molecule has 2 atom stereocenters. The minimum Gasteiger partial charge on any atom is -0.497 e. The summed E-state index contributed by atoms with van der Waals surface area (Å²) in [5.41, 5.74) is 1.24. The van der Waals surface area contributed by atoms with Crippen molar-refractivity contribution in [1.29, 1.82) is 0 Å². The van der Waals surface area contributed by atoms with Crippen molar-refractivity contribution in [3.63, 3.8) is 0 Å². The van der Waals surface area contributed by atoms with Gasteiger partial charge in [0.1, 0.15) is 17.3 Å². The molecule has 0 bridgehead atoms. The van der Waals surface area contributed by atoms with Gasteiger partial charge in [-0.3, -0.25) is 9.59 Å². The Labute approximate surface area is 163 Å². The third kappa shape index (κ3) is 4.08. The summed E-state index contributed by atoms with van der Waals surface area (Å²) in [6.07, 6.45) is 0.0993. The summed E-state index contributed by atoms with van der Waals surface area (Å²) in [6, 6.07) is 10.9. The molecule has 0 aromatic heterocycles. The van der Waals surface area contributed by atoms with Crippen molar-refractivity contribution in [3.8, 4) is 11.5 Å². The molecule has 0 aliphatic carbocycles. The number of hydrogen-bond donors (Lipinski definition) is 1. The molecule has 0 unspecified atom stereocenters. The average molecular weight is 386 g/mol. The van der Waals surface area contributed by atoms with Gasteiger partial charge in [-0.1, -0.05) is 12.1 Å². The van der Waals surface area contributed by atoms with E-state index in [0.29, 0.717) is 22.7 Å². The van der Waals surface area contributed by atoms with Gasteiger partial charge < -0.3 is 19.7 Å². The van der Waals surface area contributed by atoms with Gasteiger partial charge >= 0.3 is 0 Å². The van der Waals surface area contributed by atoms with Crippen LogP contribution in [-0.2, 0) is 9.59 Å². The predicted molar refractivity (Wildman–Crippen MR) is 103 cm³/mol. The highest BCUT2D eigenvalue weighted by Crippen LogP contribution is 2.36. The SMILES string of the molecule is COc1ccc(OC)c(N2C[C@H](C(=O)N[C@@H](C)c3cccc(F)c3)CC2=O)c1.